The van der Waals surface area contributed by atoms with Gasteiger partial charge in [0.25, 0.3) is 0 Å². The van der Waals surface area contributed by atoms with E-state index in [0.29, 0.717) is 0 Å². The van der Waals surface area contributed by atoms with Crippen LogP contribution in [0.1, 0.15) is 19.4 Å². The zero-order chi connectivity index (χ0) is 13.7. The topological polar surface area (TPSA) is 18.0 Å². The van der Waals surface area contributed by atoms with Crippen LogP contribution >= 0.6 is 0 Å². The molecule has 0 saturated carbocycles. The molecule has 0 bridgehead atoms. The third-order valence-corrected chi connectivity index (χ3v) is 3.25. The van der Waals surface area contributed by atoms with E-state index in [2.05, 4.69) is 59.7 Å². The van der Waals surface area contributed by atoms with Crippen LogP contribution in [0.5, 0.6) is 0 Å². The summed E-state index contributed by atoms with van der Waals surface area (Å²) in [5.74, 6) is 0. The van der Waals surface area contributed by atoms with Crippen molar-refractivity contribution in [3.63, 3.8) is 0 Å². The number of hydrogen-bond donors (Lipinski definition) is 0. The Morgan fingerprint density at radius 1 is 1.35 bits per heavy atom. The molecular weight excluding hydrogens is 316 g/mol. The lowest BCUT2D eigenvalue weighted by Gasteiger charge is -1.98. The summed E-state index contributed by atoms with van der Waals surface area (Å²) in [7, 11) is 0. The predicted octanol–water partition coefficient (Wildman–Crippen LogP) is -0.146. The predicted molar refractivity (Wildman–Crippen MR) is 78.2 cm³/mol. The van der Waals surface area contributed by atoms with Gasteiger partial charge in [-0.15, -0.1) is 0 Å². The number of rotatable bonds is 6. The van der Waals surface area contributed by atoms with Gasteiger partial charge in [0.15, 0.2) is 11.0 Å². The van der Waals surface area contributed by atoms with Crippen LogP contribution in [0, 0.1) is 6.92 Å². The number of benzene rings is 1. The molecule has 0 aliphatic heterocycles. The highest BCUT2D eigenvalue weighted by atomic mass is 79.9. The number of nitrogens with zero attached hydrogens (tertiary/aromatic N) is 2. The molecule has 1 aromatic heterocycles. The number of fused-ring (bicyclic) bond motifs is 1. The van der Waals surface area contributed by atoms with E-state index in [-0.39, 0.29) is 17.0 Å². The van der Waals surface area contributed by atoms with Crippen LogP contribution < -0.4 is 21.5 Å². The highest BCUT2D eigenvalue weighted by molar-refractivity contribution is 5.72. The summed E-state index contributed by atoms with van der Waals surface area (Å²) in [6.07, 6.45) is 6.45. The first-order chi connectivity index (χ1) is 9.26. The van der Waals surface area contributed by atoms with E-state index >= 15 is 0 Å². The van der Waals surface area contributed by atoms with Crippen LogP contribution in [0.15, 0.2) is 36.7 Å². The normalized spacial score (nSPS) is 11.2. The number of imidazole rings is 1. The second-order valence-corrected chi connectivity index (χ2v) is 4.72. The number of allylic oxidation sites excluding steroid dienone is 2. The van der Waals surface area contributed by atoms with Crippen LogP contribution in [0.3, 0.4) is 0 Å². The Morgan fingerprint density at radius 2 is 2.15 bits per heavy atom. The molecule has 0 N–H and O–H groups in total. The highest BCUT2D eigenvalue weighted by Crippen LogP contribution is 2.13. The maximum absolute atomic E-state index is 5.46. The van der Waals surface area contributed by atoms with Crippen molar-refractivity contribution in [2.45, 2.75) is 33.9 Å². The monoisotopic (exact) mass is 338 g/mol. The van der Waals surface area contributed by atoms with E-state index in [1.54, 1.807) is 0 Å². The molecule has 0 aliphatic carbocycles. The smallest absolute Gasteiger partial charge is 0.245 e. The number of hydrogen-bond acceptors (Lipinski definition) is 1. The Bertz CT molecular complexity index is 575. The van der Waals surface area contributed by atoms with Gasteiger partial charge < -0.3 is 21.7 Å². The van der Waals surface area contributed by atoms with E-state index in [0.717, 1.165) is 26.3 Å². The summed E-state index contributed by atoms with van der Waals surface area (Å²) in [4.78, 5) is 0. The molecule has 0 spiro atoms. The molecule has 110 valence electrons. The maximum Gasteiger partial charge on any atom is 0.245 e. The lowest BCUT2D eigenvalue weighted by Crippen LogP contribution is -3.00. The van der Waals surface area contributed by atoms with Crippen molar-refractivity contribution in [1.29, 1.82) is 0 Å². The van der Waals surface area contributed by atoms with Crippen molar-refractivity contribution in [1.82, 2.24) is 4.57 Å². The lowest BCUT2D eigenvalue weighted by atomic mass is 10.2. The SMILES string of the molecule is C/C=C/Cn1c[n+](CCOCC)c2ccc(C)cc21.[Br-]. The van der Waals surface area contributed by atoms with Gasteiger partial charge in [0.05, 0.1) is 6.61 Å². The maximum atomic E-state index is 5.46. The van der Waals surface area contributed by atoms with Crippen molar-refractivity contribution in [3.8, 4) is 0 Å². The molecule has 0 unspecified atom stereocenters. The quantitative estimate of drug-likeness (QED) is 0.407. The summed E-state index contributed by atoms with van der Waals surface area (Å²) in [5.41, 5.74) is 3.86. The molecule has 20 heavy (non-hydrogen) atoms. The third kappa shape index (κ3) is 3.93. The molecule has 4 heteroatoms. The van der Waals surface area contributed by atoms with E-state index in [1.165, 1.54) is 16.6 Å². The van der Waals surface area contributed by atoms with Crippen molar-refractivity contribution >= 4 is 11.0 Å². The van der Waals surface area contributed by atoms with E-state index < -0.39 is 0 Å². The largest absolute Gasteiger partial charge is 1.00 e. The summed E-state index contributed by atoms with van der Waals surface area (Å²) in [6.45, 7) is 9.57. The Hall–Kier alpha value is -1.13. The minimum absolute atomic E-state index is 0. The Kier molecular flexibility index (Phi) is 6.96. The molecule has 1 heterocycles. The van der Waals surface area contributed by atoms with E-state index in [9.17, 15) is 0 Å². The molecule has 1 aromatic carbocycles. The van der Waals surface area contributed by atoms with Crippen molar-refractivity contribution in [2.75, 3.05) is 13.2 Å². The van der Waals surface area contributed by atoms with Crippen LogP contribution in [-0.2, 0) is 17.8 Å². The van der Waals surface area contributed by atoms with Crippen LogP contribution in [-0.4, -0.2) is 17.8 Å². The van der Waals surface area contributed by atoms with Gasteiger partial charge >= 0.3 is 0 Å². The first kappa shape index (κ1) is 16.9. The second-order valence-electron chi connectivity index (χ2n) is 4.72. The van der Waals surface area contributed by atoms with Gasteiger partial charge in [0.2, 0.25) is 6.33 Å². The Labute approximate surface area is 131 Å². The van der Waals surface area contributed by atoms with Gasteiger partial charge in [-0.1, -0.05) is 12.1 Å². The molecule has 0 saturated heterocycles. The Balaban J connectivity index is 0.00000200. The minimum atomic E-state index is 0. The van der Waals surface area contributed by atoms with Crippen LogP contribution in [0.25, 0.3) is 11.0 Å². The van der Waals surface area contributed by atoms with Crippen LogP contribution in [0.4, 0.5) is 0 Å². The number of aromatic nitrogens is 2. The molecule has 0 atom stereocenters. The van der Waals surface area contributed by atoms with E-state index in [4.69, 9.17) is 4.74 Å². The lowest BCUT2D eigenvalue weighted by molar-refractivity contribution is -0.673. The Morgan fingerprint density at radius 3 is 2.85 bits per heavy atom. The molecule has 0 fully saturated rings. The first-order valence-corrected chi connectivity index (χ1v) is 6.94. The van der Waals surface area contributed by atoms with Gasteiger partial charge in [0, 0.05) is 6.61 Å². The minimum Gasteiger partial charge on any atom is -1.00 e. The molecule has 3 nitrogen and oxygen atoms in total. The molecule has 0 radical (unpaired) electrons. The van der Waals surface area contributed by atoms with Crippen molar-refractivity contribution in [2.24, 2.45) is 0 Å². The summed E-state index contributed by atoms with van der Waals surface area (Å²) < 4.78 is 10.0. The molecule has 0 aliphatic rings. The van der Waals surface area contributed by atoms with Crippen molar-refractivity contribution in [3.05, 3.63) is 42.2 Å². The molecule has 2 aromatic rings. The van der Waals surface area contributed by atoms with Crippen molar-refractivity contribution < 1.29 is 26.3 Å². The van der Waals surface area contributed by atoms with Gasteiger partial charge in [-0.2, -0.15) is 0 Å². The van der Waals surface area contributed by atoms with Crippen LogP contribution in [0.2, 0.25) is 0 Å². The average Bonchev–Trinajstić information content (AvgIpc) is 2.74. The fourth-order valence-corrected chi connectivity index (χ4v) is 2.25. The molecule has 2 rings (SSSR count). The van der Waals surface area contributed by atoms with Gasteiger partial charge in [0.1, 0.15) is 13.1 Å². The summed E-state index contributed by atoms with van der Waals surface area (Å²) in [6, 6.07) is 6.61. The fourth-order valence-electron chi connectivity index (χ4n) is 2.25. The fraction of sp³-hybridized carbons (Fsp3) is 0.438. The molecular formula is C16H23BrN2O. The first-order valence-electron chi connectivity index (χ1n) is 6.94. The molecule has 0 amide bonds. The zero-order valence-electron chi connectivity index (χ0n) is 12.5. The van der Waals surface area contributed by atoms with Gasteiger partial charge in [-0.05, 0) is 44.5 Å². The number of halogens is 1. The average molecular weight is 339 g/mol. The highest BCUT2D eigenvalue weighted by Gasteiger charge is 2.14. The second kappa shape index (κ2) is 8.22. The number of aryl methyl sites for hydroxylation is 1. The third-order valence-electron chi connectivity index (χ3n) is 3.25. The summed E-state index contributed by atoms with van der Waals surface area (Å²) in [5, 5.41) is 0. The van der Waals surface area contributed by atoms with E-state index in [1.807, 2.05) is 6.92 Å². The number of ether oxygens (including phenoxy) is 1. The zero-order valence-corrected chi connectivity index (χ0v) is 14.1. The van der Waals surface area contributed by atoms with Gasteiger partial charge in [-0.25, -0.2) is 9.13 Å². The standard InChI is InChI=1S/C16H23N2O.BrH/c1-4-6-9-17-13-18(10-11-19-5-2)15-8-7-14(3)12-16(15)17;/h4,6-8,12-13H,5,9-11H2,1-3H3;1H/q+1;/p-1/b6-4+;. The summed E-state index contributed by atoms with van der Waals surface area (Å²) >= 11 is 0. The van der Waals surface area contributed by atoms with Gasteiger partial charge in [-0.3, -0.25) is 0 Å².